The van der Waals surface area contributed by atoms with Crippen LogP contribution in [-0.4, -0.2) is 43.5 Å². The molecule has 0 N–H and O–H groups in total. The van der Waals surface area contributed by atoms with Gasteiger partial charge in [0.15, 0.2) is 0 Å². The highest BCUT2D eigenvalue weighted by molar-refractivity contribution is 5.99. The molecular weight excluding hydrogens is 368 g/mol. The number of hydrogen-bond acceptors (Lipinski definition) is 4. The lowest BCUT2D eigenvalue weighted by molar-refractivity contribution is -0.117. The molecule has 2 aromatic carbocycles. The Morgan fingerprint density at radius 3 is 2.62 bits per heavy atom. The summed E-state index contributed by atoms with van der Waals surface area (Å²) in [6.07, 6.45) is 3.44. The monoisotopic (exact) mass is 394 g/mol. The fourth-order valence-electron chi connectivity index (χ4n) is 3.84. The summed E-state index contributed by atoms with van der Waals surface area (Å²) in [7, 11) is 3.26. The number of rotatable bonds is 7. The number of nitrogens with zero attached hydrogens (tertiary/aromatic N) is 2. The Morgan fingerprint density at radius 1 is 1.14 bits per heavy atom. The summed E-state index contributed by atoms with van der Waals surface area (Å²) in [4.78, 5) is 29.1. The molecule has 1 saturated carbocycles. The first kappa shape index (κ1) is 19.3. The molecule has 4 rings (SSSR count). The summed E-state index contributed by atoms with van der Waals surface area (Å²) >= 11 is 0. The molecule has 2 aromatic rings. The molecule has 6 nitrogen and oxygen atoms in total. The molecule has 152 valence electrons. The van der Waals surface area contributed by atoms with E-state index in [2.05, 4.69) is 0 Å². The zero-order chi connectivity index (χ0) is 20.4. The van der Waals surface area contributed by atoms with Gasteiger partial charge in [-0.2, -0.15) is 0 Å². The van der Waals surface area contributed by atoms with E-state index in [9.17, 15) is 9.59 Å². The molecule has 0 spiro atoms. The molecule has 0 atom stereocenters. The molecule has 2 amide bonds. The van der Waals surface area contributed by atoms with Crippen molar-refractivity contribution < 1.29 is 19.1 Å². The van der Waals surface area contributed by atoms with E-state index in [0.717, 1.165) is 42.0 Å². The minimum Gasteiger partial charge on any atom is -0.497 e. The fraction of sp³-hybridized carbons (Fsp3) is 0.391. The van der Waals surface area contributed by atoms with Crippen molar-refractivity contribution in [1.29, 1.82) is 0 Å². The lowest BCUT2D eigenvalue weighted by Gasteiger charge is -2.25. The van der Waals surface area contributed by atoms with Crippen molar-refractivity contribution in [3.63, 3.8) is 0 Å². The Kier molecular flexibility index (Phi) is 5.43. The lowest BCUT2D eigenvalue weighted by atomic mass is 10.1. The molecule has 1 saturated heterocycles. The van der Waals surface area contributed by atoms with Gasteiger partial charge < -0.3 is 19.3 Å². The Bertz CT molecular complexity index is 923. The quantitative estimate of drug-likeness (QED) is 0.720. The molecule has 2 fully saturated rings. The summed E-state index contributed by atoms with van der Waals surface area (Å²) in [5, 5.41) is 0. The summed E-state index contributed by atoms with van der Waals surface area (Å²) in [6.45, 7) is 1.17. The third-order valence-electron chi connectivity index (χ3n) is 5.55. The van der Waals surface area contributed by atoms with Crippen LogP contribution in [0.3, 0.4) is 0 Å². The van der Waals surface area contributed by atoms with Crippen LogP contribution in [-0.2, 0) is 11.3 Å². The average Bonchev–Trinajstić information content (AvgIpc) is 3.51. The normalized spacial score (nSPS) is 16.1. The lowest BCUT2D eigenvalue weighted by Crippen LogP contribution is -2.33. The van der Waals surface area contributed by atoms with E-state index in [-0.39, 0.29) is 17.9 Å². The molecule has 6 heteroatoms. The van der Waals surface area contributed by atoms with E-state index in [4.69, 9.17) is 9.47 Å². The van der Waals surface area contributed by atoms with Gasteiger partial charge in [-0.05, 0) is 55.7 Å². The van der Waals surface area contributed by atoms with Gasteiger partial charge in [-0.25, -0.2) is 0 Å². The van der Waals surface area contributed by atoms with Crippen molar-refractivity contribution in [1.82, 2.24) is 4.90 Å². The van der Waals surface area contributed by atoms with Crippen LogP contribution in [0, 0.1) is 0 Å². The van der Waals surface area contributed by atoms with Gasteiger partial charge in [-0.1, -0.05) is 6.07 Å². The molecule has 0 unspecified atom stereocenters. The number of ether oxygens (including phenoxy) is 2. The van der Waals surface area contributed by atoms with E-state index in [1.807, 2.05) is 47.4 Å². The maximum Gasteiger partial charge on any atom is 0.254 e. The molecular formula is C23H26N2O4. The van der Waals surface area contributed by atoms with Gasteiger partial charge in [0.05, 0.1) is 20.8 Å². The molecule has 2 aliphatic rings. The minimum atomic E-state index is -0.0223. The van der Waals surface area contributed by atoms with Crippen LogP contribution in [0.4, 0.5) is 5.69 Å². The van der Waals surface area contributed by atoms with E-state index in [1.54, 1.807) is 19.1 Å². The zero-order valence-electron chi connectivity index (χ0n) is 16.9. The minimum absolute atomic E-state index is 0.0223. The third kappa shape index (κ3) is 4.06. The zero-order valence-corrected chi connectivity index (χ0v) is 16.9. The van der Waals surface area contributed by atoms with Gasteiger partial charge in [0.25, 0.3) is 5.91 Å². The predicted molar refractivity (Wildman–Crippen MR) is 110 cm³/mol. The summed E-state index contributed by atoms with van der Waals surface area (Å²) in [5.41, 5.74) is 2.32. The van der Waals surface area contributed by atoms with E-state index < -0.39 is 0 Å². The Hall–Kier alpha value is -3.02. The number of anilines is 1. The highest BCUT2D eigenvalue weighted by Crippen LogP contribution is 2.33. The molecule has 1 aliphatic carbocycles. The van der Waals surface area contributed by atoms with Gasteiger partial charge in [0, 0.05) is 35.8 Å². The highest BCUT2D eigenvalue weighted by atomic mass is 16.5. The van der Waals surface area contributed by atoms with Crippen molar-refractivity contribution >= 4 is 17.5 Å². The van der Waals surface area contributed by atoms with Crippen LogP contribution in [0.1, 0.15) is 41.6 Å². The standard InChI is InChI=1S/C23H26N2O4/c1-28-20-10-11-21(29-2)17(14-20)15-25(18-8-9-18)23(27)16-5-3-6-19(13-16)24-12-4-7-22(24)26/h3,5-6,10-11,13-14,18H,4,7-9,12,15H2,1-2H3. The van der Waals surface area contributed by atoms with E-state index >= 15 is 0 Å². The van der Waals surface area contributed by atoms with Crippen LogP contribution >= 0.6 is 0 Å². The maximum absolute atomic E-state index is 13.4. The van der Waals surface area contributed by atoms with Crippen LogP contribution in [0.2, 0.25) is 0 Å². The molecule has 0 aromatic heterocycles. The van der Waals surface area contributed by atoms with Crippen LogP contribution in [0.25, 0.3) is 0 Å². The number of carbonyl (C=O) groups excluding carboxylic acids is 2. The Balaban J connectivity index is 1.60. The van der Waals surface area contributed by atoms with E-state index in [0.29, 0.717) is 25.1 Å². The maximum atomic E-state index is 13.4. The van der Waals surface area contributed by atoms with Gasteiger partial charge in [0.1, 0.15) is 11.5 Å². The number of amides is 2. The number of carbonyl (C=O) groups is 2. The summed E-state index contributed by atoms with van der Waals surface area (Å²) < 4.78 is 10.8. The SMILES string of the molecule is COc1ccc(OC)c(CN(C(=O)c2cccc(N3CCCC3=O)c2)C2CC2)c1. The van der Waals surface area contributed by atoms with Crippen molar-refractivity contribution in [3.8, 4) is 11.5 Å². The average molecular weight is 394 g/mol. The van der Waals surface area contributed by atoms with Crippen LogP contribution in [0.5, 0.6) is 11.5 Å². The third-order valence-corrected chi connectivity index (χ3v) is 5.55. The van der Waals surface area contributed by atoms with Gasteiger partial charge >= 0.3 is 0 Å². The molecule has 1 heterocycles. The first-order valence-electron chi connectivity index (χ1n) is 10.0. The predicted octanol–water partition coefficient (Wildman–Crippen LogP) is 3.64. The summed E-state index contributed by atoms with van der Waals surface area (Å²) in [6, 6.07) is 13.3. The summed E-state index contributed by atoms with van der Waals surface area (Å²) in [5.74, 6) is 1.57. The smallest absolute Gasteiger partial charge is 0.254 e. The second-order valence-corrected chi connectivity index (χ2v) is 7.54. The van der Waals surface area contributed by atoms with Gasteiger partial charge in [-0.15, -0.1) is 0 Å². The van der Waals surface area contributed by atoms with Crippen LogP contribution in [0.15, 0.2) is 42.5 Å². The fourth-order valence-corrected chi connectivity index (χ4v) is 3.84. The molecule has 0 bridgehead atoms. The highest BCUT2D eigenvalue weighted by Gasteiger charge is 2.34. The first-order chi connectivity index (χ1) is 14.1. The topological polar surface area (TPSA) is 59.1 Å². The molecule has 1 aliphatic heterocycles. The van der Waals surface area contributed by atoms with Crippen molar-refractivity contribution in [2.45, 2.75) is 38.3 Å². The van der Waals surface area contributed by atoms with Gasteiger partial charge in [-0.3, -0.25) is 9.59 Å². The largest absolute Gasteiger partial charge is 0.497 e. The van der Waals surface area contributed by atoms with Crippen LogP contribution < -0.4 is 14.4 Å². The Labute approximate surface area is 171 Å². The van der Waals surface area contributed by atoms with Crippen molar-refractivity contribution in [2.24, 2.45) is 0 Å². The second kappa shape index (κ2) is 8.15. The first-order valence-corrected chi connectivity index (χ1v) is 10.0. The number of benzene rings is 2. The molecule has 29 heavy (non-hydrogen) atoms. The Morgan fingerprint density at radius 2 is 1.97 bits per heavy atom. The van der Waals surface area contributed by atoms with E-state index in [1.165, 1.54) is 0 Å². The molecule has 0 radical (unpaired) electrons. The van der Waals surface area contributed by atoms with Crippen molar-refractivity contribution in [2.75, 3.05) is 25.7 Å². The van der Waals surface area contributed by atoms with Gasteiger partial charge in [0.2, 0.25) is 5.91 Å². The second-order valence-electron chi connectivity index (χ2n) is 7.54. The number of methoxy groups -OCH3 is 2. The number of hydrogen-bond donors (Lipinski definition) is 0. The van der Waals surface area contributed by atoms with Crippen molar-refractivity contribution in [3.05, 3.63) is 53.6 Å².